The molecule has 0 aliphatic heterocycles. The second kappa shape index (κ2) is 8.79. The minimum atomic E-state index is 0.215. The molecule has 1 saturated carbocycles. The molecular formula is C14H26ClNO. The fraction of sp³-hybridized carbons (Fsp3) is 0.929. The fourth-order valence-electron chi connectivity index (χ4n) is 2.75. The normalized spacial score (nSPS) is 18.9. The summed E-state index contributed by atoms with van der Waals surface area (Å²) in [6.45, 7) is 2.18. The maximum absolute atomic E-state index is 11.8. The molecule has 0 spiro atoms. The highest BCUT2D eigenvalue weighted by atomic mass is 35.5. The summed E-state index contributed by atoms with van der Waals surface area (Å²) in [5, 5.41) is 3.21. The van der Waals surface area contributed by atoms with Gasteiger partial charge < -0.3 is 5.32 Å². The molecule has 0 bridgehead atoms. The minimum Gasteiger partial charge on any atom is -0.353 e. The highest BCUT2D eigenvalue weighted by Crippen LogP contribution is 2.27. The number of carbonyl (C=O) groups is 1. The lowest BCUT2D eigenvalue weighted by Crippen LogP contribution is -2.40. The zero-order valence-electron chi connectivity index (χ0n) is 11.0. The number of carbonyl (C=O) groups excluding carboxylic acids is 1. The van der Waals surface area contributed by atoms with Crippen molar-refractivity contribution in [3.63, 3.8) is 0 Å². The average Bonchev–Trinajstić information content (AvgIpc) is 2.37. The van der Waals surface area contributed by atoms with Crippen LogP contribution in [0.2, 0.25) is 0 Å². The van der Waals surface area contributed by atoms with Gasteiger partial charge in [0.05, 0.1) is 0 Å². The monoisotopic (exact) mass is 259 g/mol. The van der Waals surface area contributed by atoms with Crippen LogP contribution >= 0.6 is 11.6 Å². The molecule has 0 aromatic rings. The standard InChI is InChI=1S/C14H26ClNO/c1-2-13(12-8-4-3-5-9-12)16-14(17)10-6-7-11-15/h12-13H,2-11H2,1H3,(H,16,17). The Hall–Kier alpha value is -0.240. The molecule has 1 aliphatic rings. The van der Waals surface area contributed by atoms with Crippen molar-refractivity contribution in [2.24, 2.45) is 5.92 Å². The van der Waals surface area contributed by atoms with Gasteiger partial charge in [-0.2, -0.15) is 0 Å². The molecule has 0 heterocycles. The first kappa shape index (κ1) is 14.8. The van der Waals surface area contributed by atoms with Crippen LogP contribution < -0.4 is 5.32 Å². The largest absolute Gasteiger partial charge is 0.353 e. The third-order valence-electron chi connectivity index (χ3n) is 3.79. The van der Waals surface area contributed by atoms with Crippen molar-refractivity contribution >= 4 is 17.5 Å². The van der Waals surface area contributed by atoms with Crippen LogP contribution in [-0.4, -0.2) is 17.8 Å². The molecular weight excluding hydrogens is 234 g/mol. The minimum absolute atomic E-state index is 0.215. The molecule has 1 fully saturated rings. The number of rotatable bonds is 7. The molecule has 2 nitrogen and oxygen atoms in total. The van der Waals surface area contributed by atoms with Gasteiger partial charge in [-0.15, -0.1) is 11.6 Å². The number of amides is 1. The second-order valence-electron chi connectivity index (χ2n) is 5.13. The first-order valence-electron chi connectivity index (χ1n) is 7.13. The predicted octanol–water partition coefficient (Wildman–Crippen LogP) is 3.87. The van der Waals surface area contributed by atoms with E-state index in [4.69, 9.17) is 11.6 Å². The molecule has 1 unspecified atom stereocenters. The van der Waals surface area contributed by atoms with Gasteiger partial charge in [0.25, 0.3) is 0 Å². The number of alkyl halides is 1. The van der Waals surface area contributed by atoms with Gasteiger partial charge in [0.1, 0.15) is 0 Å². The lowest BCUT2D eigenvalue weighted by atomic mass is 9.83. The molecule has 1 atom stereocenters. The summed E-state index contributed by atoms with van der Waals surface area (Å²) in [4.78, 5) is 11.8. The number of unbranched alkanes of at least 4 members (excludes halogenated alkanes) is 1. The van der Waals surface area contributed by atoms with E-state index in [-0.39, 0.29) is 5.91 Å². The lowest BCUT2D eigenvalue weighted by molar-refractivity contribution is -0.122. The van der Waals surface area contributed by atoms with Crippen LogP contribution in [0.4, 0.5) is 0 Å². The predicted molar refractivity (Wildman–Crippen MR) is 73.4 cm³/mol. The molecule has 1 aliphatic carbocycles. The Labute approximate surface area is 110 Å². The van der Waals surface area contributed by atoms with Crippen LogP contribution in [0.3, 0.4) is 0 Å². The number of hydrogen-bond donors (Lipinski definition) is 1. The molecule has 3 heteroatoms. The fourth-order valence-corrected chi connectivity index (χ4v) is 2.94. The second-order valence-corrected chi connectivity index (χ2v) is 5.50. The molecule has 0 radical (unpaired) electrons. The van der Waals surface area contributed by atoms with Crippen LogP contribution in [0, 0.1) is 5.92 Å². The van der Waals surface area contributed by atoms with E-state index in [0.717, 1.165) is 19.3 Å². The van der Waals surface area contributed by atoms with E-state index >= 15 is 0 Å². The molecule has 1 N–H and O–H groups in total. The summed E-state index contributed by atoms with van der Waals surface area (Å²) >= 11 is 5.61. The Morgan fingerprint density at radius 2 is 2.00 bits per heavy atom. The molecule has 17 heavy (non-hydrogen) atoms. The zero-order valence-corrected chi connectivity index (χ0v) is 11.8. The van der Waals surface area contributed by atoms with E-state index in [2.05, 4.69) is 12.2 Å². The molecule has 1 amide bonds. The van der Waals surface area contributed by atoms with Crippen molar-refractivity contribution < 1.29 is 4.79 Å². The van der Waals surface area contributed by atoms with Crippen LogP contribution in [0.5, 0.6) is 0 Å². The molecule has 0 aromatic heterocycles. The van der Waals surface area contributed by atoms with E-state index in [1.54, 1.807) is 0 Å². The zero-order chi connectivity index (χ0) is 12.5. The van der Waals surface area contributed by atoms with E-state index in [1.807, 2.05) is 0 Å². The summed E-state index contributed by atoms with van der Waals surface area (Å²) in [5.41, 5.74) is 0. The van der Waals surface area contributed by atoms with Crippen molar-refractivity contribution in [2.75, 3.05) is 5.88 Å². The van der Waals surface area contributed by atoms with Gasteiger partial charge in [-0.05, 0) is 38.0 Å². The number of nitrogens with one attached hydrogen (secondary N) is 1. The molecule has 0 saturated heterocycles. The van der Waals surface area contributed by atoms with Gasteiger partial charge in [0.2, 0.25) is 5.91 Å². The highest BCUT2D eigenvalue weighted by molar-refractivity contribution is 6.17. The Bertz CT molecular complexity index is 214. The van der Waals surface area contributed by atoms with Gasteiger partial charge in [-0.1, -0.05) is 26.2 Å². The van der Waals surface area contributed by atoms with Crippen molar-refractivity contribution in [1.82, 2.24) is 5.32 Å². The quantitative estimate of drug-likeness (QED) is 0.546. The Morgan fingerprint density at radius 3 is 2.59 bits per heavy atom. The highest BCUT2D eigenvalue weighted by Gasteiger charge is 2.23. The van der Waals surface area contributed by atoms with Crippen molar-refractivity contribution in [3.8, 4) is 0 Å². The first-order chi connectivity index (χ1) is 8.27. The Balaban J connectivity index is 2.27. The van der Waals surface area contributed by atoms with Crippen LogP contribution in [-0.2, 0) is 4.79 Å². The molecule has 1 rings (SSSR count). The summed E-state index contributed by atoms with van der Waals surface area (Å²) in [7, 11) is 0. The maximum Gasteiger partial charge on any atom is 0.220 e. The van der Waals surface area contributed by atoms with Gasteiger partial charge in [-0.25, -0.2) is 0 Å². The van der Waals surface area contributed by atoms with E-state index in [9.17, 15) is 4.79 Å². The Morgan fingerprint density at radius 1 is 1.29 bits per heavy atom. The number of halogens is 1. The topological polar surface area (TPSA) is 29.1 Å². The van der Waals surface area contributed by atoms with E-state index in [0.29, 0.717) is 24.3 Å². The average molecular weight is 260 g/mol. The van der Waals surface area contributed by atoms with E-state index < -0.39 is 0 Å². The maximum atomic E-state index is 11.8. The van der Waals surface area contributed by atoms with Gasteiger partial charge in [0, 0.05) is 18.3 Å². The van der Waals surface area contributed by atoms with Crippen molar-refractivity contribution in [3.05, 3.63) is 0 Å². The van der Waals surface area contributed by atoms with Crippen molar-refractivity contribution in [1.29, 1.82) is 0 Å². The molecule has 100 valence electrons. The lowest BCUT2D eigenvalue weighted by Gasteiger charge is -2.30. The number of hydrogen-bond acceptors (Lipinski definition) is 1. The third kappa shape index (κ3) is 5.76. The SMILES string of the molecule is CCC(NC(=O)CCCCCl)C1CCCCC1. The summed E-state index contributed by atoms with van der Waals surface area (Å²) in [6, 6.07) is 0.402. The van der Waals surface area contributed by atoms with Gasteiger partial charge in [-0.3, -0.25) is 4.79 Å². The first-order valence-corrected chi connectivity index (χ1v) is 7.66. The van der Waals surface area contributed by atoms with Gasteiger partial charge in [0.15, 0.2) is 0 Å². The van der Waals surface area contributed by atoms with Crippen LogP contribution in [0.15, 0.2) is 0 Å². The van der Waals surface area contributed by atoms with Gasteiger partial charge >= 0.3 is 0 Å². The summed E-state index contributed by atoms with van der Waals surface area (Å²) in [5.74, 6) is 1.59. The summed E-state index contributed by atoms with van der Waals surface area (Å²) in [6.07, 6.45) is 10.2. The molecule has 0 aromatic carbocycles. The smallest absolute Gasteiger partial charge is 0.220 e. The van der Waals surface area contributed by atoms with Crippen LogP contribution in [0.25, 0.3) is 0 Å². The third-order valence-corrected chi connectivity index (χ3v) is 4.06. The van der Waals surface area contributed by atoms with Crippen LogP contribution in [0.1, 0.15) is 64.7 Å². The van der Waals surface area contributed by atoms with Crippen molar-refractivity contribution in [2.45, 2.75) is 70.8 Å². The summed E-state index contributed by atoms with van der Waals surface area (Å²) < 4.78 is 0. The Kier molecular flexibility index (Phi) is 7.67. The van der Waals surface area contributed by atoms with E-state index in [1.165, 1.54) is 32.1 Å².